The third-order valence-electron chi connectivity index (χ3n) is 3.08. The molecule has 7 heteroatoms. The lowest BCUT2D eigenvalue weighted by atomic mass is 10.3. The molecule has 1 aromatic carbocycles. The standard InChI is InChI=1S/C13H15N7/c1-8(13-19-15-7-20(13)2)16-12-11(14)17-9-5-3-4-6-10(9)18-12/h3-8H,1-2H3,(H2,14,17)(H,16,18). The second-order valence-corrected chi connectivity index (χ2v) is 4.61. The Hall–Kier alpha value is -2.70. The Morgan fingerprint density at radius 1 is 1.20 bits per heavy atom. The van der Waals surface area contributed by atoms with Crippen LogP contribution in [0.1, 0.15) is 18.8 Å². The fraction of sp³-hybridized carbons (Fsp3) is 0.231. The van der Waals surface area contributed by atoms with Gasteiger partial charge >= 0.3 is 0 Å². The van der Waals surface area contributed by atoms with Crippen LogP contribution < -0.4 is 11.1 Å². The number of nitrogens with two attached hydrogens (primary N) is 1. The molecule has 2 heterocycles. The first-order valence-electron chi connectivity index (χ1n) is 6.28. The first-order chi connectivity index (χ1) is 9.65. The van der Waals surface area contributed by atoms with Gasteiger partial charge in [0.25, 0.3) is 0 Å². The normalized spacial score (nSPS) is 12.5. The molecule has 0 aliphatic heterocycles. The summed E-state index contributed by atoms with van der Waals surface area (Å²) in [6, 6.07) is 7.55. The Bertz CT molecular complexity index is 749. The second-order valence-electron chi connectivity index (χ2n) is 4.61. The summed E-state index contributed by atoms with van der Waals surface area (Å²) in [5, 5.41) is 11.2. The van der Waals surface area contributed by atoms with Gasteiger partial charge in [0.2, 0.25) is 0 Å². The summed E-state index contributed by atoms with van der Waals surface area (Å²) >= 11 is 0. The Labute approximate surface area is 115 Å². The molecule has 0 aliphatic carbocycles. The molecular formula is C13H15N7. The number of para-hydroxylation sites is 2. The van der Waals surface area contributed by atoms with Gasteiger partial charge in [-0.25, -0.2) is 9.97 Å². The van der Waals surface area contributed by atoms with E-state index in [9.17, 15) is 0 Å². The van der Waals surface area contributed by atoms with Crippen LogP contribution >= 0.6 is 0 Å². The fourth-order valence-electron chi connectivity index (χ4n) is 2.07. The molecule has 1 atom stereocenters. The van der Waals surface area contributed by atoms with Crippen molar-refractivity contribution < 1.29 is 0 Å². The third-order valence-corrected chi connectivity index (χ3v) is 3.08. The van der Waals surface area contributed by atoms with Crippen molar-refractivity contribution in [3.63, 3.8) is 0 Å². The molecule has 0 aliphatic rings. The van der Waals surface area contributed by atoms with Gasteiger partial charge in [-0.05, 0) is 19.1 Å². The van der Waals surface area contributed by atoms with E-state index in [1.807, 2.05) is 42.8 Å². The van der Waals surface area contributed by atoms with Gasteiger partial charge in [0.15, 0.2) is 17.5 Å². The lowest BCUT2D eigenvalue weighted by molar-refractivity contribution is 0.717. The highest BCUT2D eigenvalue weighted by molar-refractivity contribution is 5.79. The highest BCUT2D eigenvalue weighted by atomic mass is 15.3. The number of fused-ring (bicyclic) bond motifs is 1. The van der Waals surface area contributed by atoms with E-state index < -0.39 is 0 Å². The van der Waals surface area contributed by atoms with Crippen molar-refractivity contribution in [1.82, 2.24) is 24.7 Å². The van der Waals surface area contributed by atoms with Gasteiger partial charge < -0.3 is 15.6 Å². The van der Waals surface area contributed by atoms with Crippen LogP contribution in [0, 0.1) is 0 Å². The second kappa shape index (κ2) is 4.76. The zero-order valence-electron chi connectivity index (χ0n) is 11.3. The molecule has 0 saturated heterocycles. The molecule has 20 heavy (non-hydrogen) atoms. The minimum Gasteiger partial charge on any atom is -0.381 e. The molecule has 3 N–H and O–H groups in total. The lowest BCUT2D eigenvalue weighted by Crippen LogP contribution is -2.14. The number of aryl methyl sites for hydroxylation is 1. The van der Waals surface area contributed by atoms with Gasteiger partial charge in [0.05, 0.1) is 17.1 Å². The highest BCUT2D eigenvalue weighted by Gasteiger charge is 2.14. The van der Waals surface area contributed by atoms with Crippen LogP contribution in [-0.4, -0.2) is 24.7 Å². The van der Waals surface area contributed by atoms with Crippen LogP contribution in [0.5, 0.6) is 0 Å². The van der Waals surface area contributed by atoms with Gasteiger partial charge in [-0.2, -0.15) is 0 Å². The van der Waals surface area contributed by atoms with Gasteiger partial charge in [-0.1, -0.05) is 12.1 Å². The van der Waals surface area contributed by atoms with Crippen molar-refractivity contribution in [3.8, 4) is 0 Å². The molecule has 0 fully saturated rings. The molecule has 2 aromatic heterocycles. The van der Waals surface area contributed by atoms with Crippen LogP contribution in [0.4, 0.5) is 11.6 Å². The number of hydrogen-bond donors (Lipinski definition) is 2. The number of anilines is 2. The number of aromatic nitrogens is 5. The maximum Gasteiger partial charge on any atom is 0.170 e. The van der Waals surface area contributed by atoms with E-state index in [-0.39, 0.29) is 6.04 Å². The SMILES string of the molecule is CC(Nc1nc2ccccc2nc1N)c1nncn1C. The largest absolute Gasteiger partial charge is 0.381 e. The van der Waals surface area contributed by atoms with E-state index in [1.54, 1.807) is 6.33 Å². The fourth-order valence-corrected chi connectivity index (χ4v) is 2.07. The summed E-state index contributed by atoms with van der Waals surface area (Å²) < 4.78 is 1.85. The van der Waals surface area contributed by atoms with E-state index in [4.69, 9.17) is 5.73 Å². The predicted molar refractivity (Wildman–Crippen MR) is 77.0 cm³/mol. The molecule has 102 valence electrons. The van der Waals surface area contributed by atoms with E-state index >= 15 is 0 Å². The van der Waals surface area contributed by atoms with Crippen molar-refractivity contribution in [3.05, 3.63) is 36.4 Å². The number of nitrogen functional groups attached to an aromatic ring is 1. The van der Waals surface area contributed by atoms with Crippen molar-refractivity contribution in [1.29, 1.82) is 0 Å². The molecular weight excluding hydrogens is 254 g/mol. The quantitative estimate of drug-likeness (QED) is 0.748. The molecule has 0 radical (unpaired) electrons. The first kappa shape index (κ1) is 12.3. The lowest BCUT2D eigenvalue weighted by Gasteiger charge is -2.15. The van der Waals surface area contributed by atoms with Gasteiger partial charge in [0, 0.05) is 7.05 Å². The molecule has 3 aromatic rings. The molecule has 0 bridgehead atoms. The molecule has 1 unspecified atom stereocenters. The summed E-state index contributed by atoms with van der Waals surface area (Å²) in [5.41, 5.74) is 7.53. The molecule has 3 rings (SSSR count). The molecule has 7 nitrogen and oxygen atoms in total. The van der Waals surface area contributed by atoms with Crippen molar-refractivity contribution in [2.45, 2.75) is 13.0 Å². The zero-order chi connectivity index (χ0) is 14.1. The Balaban J connectivity index is 1.94. The number of rotatable bonds is 3. The molecule has 0 spiro atoms. The number of nitrogens with one attached hydrogen (secondary N) is 1. The minimum atomic E-state index is -0.0692. The third kappa shape index (κ3) is 2.13. The van der Waals surface area contributed by atoms with Gasteiger partial charge in [-0.15, -0.1) is 10.2 Å². The van der Waals surface area contributed by atoms with Crippen LogP contribution in [0.15, 0.2) is 30.6 Å². The van der Waals surface area contributed by atoms with Gasteiger partial charge in [0.1, 0.15) is 6.33 Å². The van der Waals surface area contributed by atoms with Gasteiger partial charge in [-0.3, -0.25) is 0 Å². The highest BCUT2D eigenvalue weighted by Crippen LogP contribution is 2.22. The summed E-state index contributed by atoms with van der Waals surface area (Å²) in [7, 11) is 1.89. The smallest absolute Gasteiger partial charge is 0.170 e. The van der Waals surface area contributed by atoms with E-state index in [0.29, 0.717) is 11.6 Å². The van der Waals surface area contributed by atoms with Crippen LogP contribution in [0.2, 0.25) is 0 Å². The van der Waals surface area contributed by atoms with Crippen molar-refractivity contribution in [2.75, 3.05) is 11.1 Å². The summed E-state index contributed by atoms with van der Waals surface area (Å²) in [6.07, 6.45) is 1.66. The number of nitrogens with zero attached hydrogens (tertiary/aromatic N) is 5. The summed E-state index contributed by atoms with van der Waals surface area (Å²) in [6.45, 7) is 1.97. The molecule has 0 saturated carbocycles. The minimum absolute atomic E-state index is 0.0692. The van der Waals surface area contributed by atoms with Crippen LogP contribution in [-0.2, 0) is 7.05 Å². The van der Waals surface area contributed by atoms with E-state index in [1.165, 1.54) is 0 Å². The van der Waals surface area contributed by atoms with Crippen LogP contribution in [0.25, 0.3) is 11.0 Å². The number of hydrogen-bond acceptors (Lipinski definition) is 6. The average Bonchev–Trinajstić information content (AvgIpc) is 2.86. The Morgan fingerprint density at radius 3 is 2.55 bits per heavy atom. The monoisotopic (exact) mass is 269 g/mol. The van der Waals surface area contributed by atoms with Crippen molar-refractivity contribution in [2.24, 2.45) is 7.05 Å². The van der Waals surface area contributed by atoms with Crippen LogP contribution in [0.3, 0.4) is 0 Å². The molecule has 0 amide bonds. The van der Waals surface area contributed by atoms with E-state index in [0.717, 1.165) is 16.9 Å². The maximum absolute atomic E-state index is 5.95. The summed E-state index contributed by atoms with van der Waals surface area (Å²) in [4.78, 5) is 8.84. The maximum atomic E-state index is 5.95. The first-order valence-corrected chi connectivity index (χ1v) is 6.28. The predicted octanol–water partition coefficient (Wildman–Crippen LogP) is 1.51. The summed E-state index contributed by atoms with van der Waals surface area (Å²) in [5.74, 6) is 1.73. The van der Waals surface area contributed by atoms with Crippen molar-refractivity contribution >= 4 is 22.7 Å². The Kier molecular flexibility index (Phi) is 2.94. The topological polar surface area (TPSA) is 94.5 Å². The Morgan fingerprint density at radius 2 is 1.90 bits per heavy atom. The average molecular weight is 269 g/mol. The zero-order valence-corrected chi connectivity index (χ0v) is 11.3. The van der Waals surface area contributed by atoms with E-state index in [2.05, 4.69) is 25.5 Å². The number of benzene rings is 1.